The van der Waals surface area contributed by atoms with Gasteiger partial charge in [0.05, 0.1) is 12.8 Å². The molecule has 1 amide bonds. The molecular weight excluding hydrogens is 334 g/mol. The van der Waals surface area contributed by atoms with Crippen LogP contribution in [0.15, 0.2) is 38.0 Å². The molecule has 2 heterocycles. The predicted molar refractivity (Wildman–Crippen MR) is 82.0 cm³/mol. The van der Waals surface area contributed by atoms with Gasteiger partial charge in [-0.3, -0.25) is 4.79 Å². The van der Waals surface area contributed by atoms with Gasteiger partial charge in [-0.25, -0.2) is 0 Å². The average molecular weight is 352 g/mol. The first-order chi connectivity index (χ1) is 10.1. The molecule has 1 aliphatic carbocycles. The van der Waals surface area contributed by atoms with Gasteiger partial charge in [-0.1, -0.05) is 12.8 Å². The molecule has 112 valence electrons. The Morgan fingerprint density at radius 1 is 1.43 bits per heavy atom. The smallest absolute Gasteiger partial charge is 0.290 e. The second kappa shape index (κ2) is 6.10. The van der Waals surface area contributed by atoms with Crippen molar-refractivity contribution in [1.29, 1.82) is 0 Å². The normalized spacial score (nSPS) is 15.5. The Labute approximate surface area is 132 Å². The molecule has 1 saturated carbocycles. The summed E-state index contributed by atoms with van der Waals surface area (Å²) in [5, 5.41) is 0. The quantitative estimate of drug-likeness (QED) is 0.812. The van der Waals surface area contributed by atoms with Gasteiger partial charge in [0.15, 0.2) is 10.4 Å². The van der Waals surface area contributed by atoms with Crippen molar-refractivity contribution in [3.05, 3.63) is 46.2 Å². The van der Waals surface area contributed by atoms with Gasteiger partial charge in [0, 0.05) is 11.6 Å². The third-order valence-corrected chi connectivity index (χ3v) is 4.41. The van der Waals surface area contributed by atoms with E-state index in [1.165, 1.54) is 12.8 Å². The number of hydrogen-bond acceptors (Lipinski definition) is 3. The zero-order valence-electron chi connectivity index (χ0n) is 12.0. The van der Waals surface area contributed by atoms with Crippen molar-refractivity contribution >= 4 is 21.8 Å². The minimum atomic E-state index is -0.0542. The lowest BCUT2D eigenvalue weighted by molar-refractivity contribution is 0.0613. The standard InChI is InChI=1S/C16H18BrNO3/c1-11-9-14(17)21-15(11)16(19)18(12-5-2-3-6-12)10-13-7-4-8-20-13/h4,7-9,12H,2-3,5-6,10H2,1H3. The number of carbonyl (C=O) groups excluding carboxylic acids is 1. The number of hydrogen-bond donors (Lipinski definition) is 0. The first-order valence-electron chi connectivity index (χ1n) is 7.24. The van der Waals surface area contributed by atoms with Crippen molar-refractivity contribution in [3.63, 3.8) is 0 Å². The van der Waals surface area contributed by atoms with Gasteiger partial charge in [-0.2, -0.15) is 0 Å². The Kier molecular flexibility index (Phi) is 4.19. The van der Waals surface area contributed by atoms with Crippen molar-refractivity contribution in [1.82, 2.24) is 4.90 Å². The van der Waals surface area contributed by atoms with Crippen LogP contribution < -0.4 is 0 Å². The summed E-state index contributed by atoms with van der Waals surface area (Å²) in [6.45, 7) is 2.38. The highest BCUT2D eigenvalue weighted by Crippen LogP contribution is 2.29. The van der Waals surface area contributed by atoms with Crippen LogP contribution in [-0.2, 0) is 6.54 Å². The monoisotopic (exact) mass is 351 g/mol. The summed E-state index contributed by atoms with van der Waals surface area (Å²) in [5.74, 6) is 1.17. The Morgan fingerprint density at radius 3 is 2.76 bits per heavy atom. The van der Waals surface area contributed by atoms with Crippen LogP contribution in [-0.4, -0.2) is 16.8 Å². The van der Waals surface area contributed by atoms with Crippen LogP contribution in [0.4, 0.5) is 0 Å². The lowest BCUT2D eigenvalue weighted by atomic mass is 10.1. The number of halogens is 1. The molecule has 3 rings (SSSR count). The minimum absolute atomic E-state index is 0.0542. The van der Waals surface area contributed by atoms with Gasteiger partial charge in [0.1, 0.15) is 5.76 Å². The maximum Gasteiger partial charge on any atom is 0.290 e. The molecule has 0 unspecified atom stereocenters. The van der Waals surface area contributed by atoms with Crippen LogP contribution in [0.25, 0.3) is 0 Å². The largest absolute Gasteiger partial charge is 0.467 e. The van der Waals surface area contributed by atoms with Gasteiger partial charge in [-0.05, 0) is 53.9 Å². The highest BCUT2D eigenvalue weighted by Gasteiger charge is 2.30. The first-order valence-corrected chi connectivity index (χ1v) is 8.03. The van der Waals surface area contributed by atoms with E-state index in [1.54, 1.807) is 6.26 Å². The SMILES string of the molecule is Cc1cc(Br)oc1C(=O)N(Cc1ccco1)C1CCCC1. The molecule has 1 fully saturated rings. The number of rotatable bonds is 4. The molecule has 0 spiro atoms. The van der Waals surface area contributed by atoms with Gasteiger partial charge in [0.2, 0.25) is 0 Å². The van der Waals surface area contributed by atoms with Gasteiger partial charge in [0.25, 0.3) is 5.91 Å². The Hall–Kier alpha value is -1.49. The molecule has 0 radical (unpaired) electrons. The molecule has 0 bridgehead atoms. The molecule has 0 atom stereocenters. The van der Waals surface area contributed by atoms with E-state index in [0.717, 1.165) is 24.2 Å². The molecule has 0 aliphatic heterocycles. The summed E-state index contributed by atoms with van der Waals surface area (Å²) in [5.41, 5.74) is 0.856. The van der Waals surface area contributed by atoms with E-state index in [9.17, 15) is 4.79 Å². The summed E-state index contributed by atoms with van der Waals surface area (Å²) in [4.78, 5) is 14.8. The van der Waals surface area contributed by atoms with E-state index in [2.05, 4.69) is 15.9 Å². The minimum Gasteiger partial charge on any atom is -0.467 e. The van der Waals surface area contributed by atoms with Crippen LogP contribution in [0.3, 0.4) is 0 Å². The van der Waals surface area contributed by atoms with Crippen molar-refractivity contribution in [3.8, 4) is 0 Å². The molecule has 1 aliphatic rings. The fourth-order valence-corrected chi connectivity index (χ4v) is 3.44. The topological polar surface area (TPSA) is 46.6 Å². The van der Waals surface area contributed by atoms with Crippen LogP contribution in [0, 0.1) is 6.92 Å². The Bertz CT molecular complexity index is 612. The van der Waals surface area contributed by atoms with E-state index in [-0.39, 0.29) is 11.9 Å². The molecule has 2 aromatic heterocycles. The maximum absolute atomic E-state index is 12.9. The third-order valence-electron chi connectivity index (χ3n) is 4.01. The van der Waals surface area contributed by atoms with Crippen LogP contribution in [0.5, 0.6) is 0 Å². The number of furan rings is 2. The lowest BCUT2D eigenvalue weighted by Crippen LogP contribution is -2.38. The van der Waals surface area contributed by atoms with Crippen LogP contribution in [0.2, 0.25) is 0 Å². The van der Waals surface area contributed by atoms with Crippen LogP contribution in [0.1, 0.15) is 47.6 Å². The third kappa shape index (κ3) is 3.07. The molecule has 5 heteroatoms. The van der Waals surface area contributed by atoms with Gasteiger partial charge >= 0.3 is 0 Å². The zero-order chi connectivity index (χ0) is 14.8. The van der Waals surface area contributed by atoms with Gasteiger partial charge < -0.3 is 13.7 Å². The second-order valence-corrected chi connectivity index (χ2v) is 6.29. The summed E-state index contributed by atoms with van der Waals surface area (Å²) < 4.78 is 11.5. The molecule has 0 saturated heterocycles. The molecular formula is C16H18BrNO3. The molecule has 21 heavy (non-hydrogen) atoms. The number of amides is 1. The average Bonchev–Trinajstić information content (AvgIpc) is 3.16. The predicted octanol–water partition coefficient (Wildman–Crippen LogP) is 4.53. The highest BCUT2D eigenvalue weighted by atomic mass is 79.9. The maximum atomic E-state index is 12.9. The highest BCUT2D eigenvalue weighted by molar-refractivity contribution is 9.10. The number of carbonyl (C=O) groups is 1. The number of aryl methyl sites for hydroxylation is 1. The fraction of sp³-hybridized carbons (Fsp3) is 0.438. The molecule has 0 N–H and O–H groups in total. The zero-order valence-corrected chi connectivity index (χ0v) is 13.6. The first kappa shape index (κ1) is 14.4. The van der Waals surface area contributed by atoms with E-state index < -0.39 is 0 Å². The van der Waals surface area contributed by atoms with E-state index >= 15 is 0 Å². The Balaban J connectivity index is 1.86. The van der Waals surface area contributed by atoms with Crippen molar-refractivity contribution in [2.75, 3.05) is 0 Å². The van der Waals surface area contributed by atoms with E-state index in [4.69, 9.17) is 8.83 Å². The summed E-state index contributed by atoms with van der Waals surface area (Å²) in [6, 6.07) is 5.85. The molecule has 0 aromatic carbocycles. The fourth-order valence-electron chi connectivity index (χ4n) is 2.94. The van der Waals surface area contributed by atoms with E-state index in [0.29, 0.717) is 17.0 Å². The van der Waals surface area contributed by atoms with Gasteiger partial charge in [-0.15, -0.1) is 0 Å². The second-order valence-electron chi connectivity index (χ2n) is 5.51. The summed E-state index contributed by atoms with van der Waals surface area (Å²) in [7, 11) is 0. The van der Waals surface area contributed by atoms with Crippen molar-refractivity contribution in [2.45, 2.75) is 45.2 Å². The Morgan fingerprint density at radius 2 is 2.19 bits per heavy atom. The van der Waals surface area contributed by atoms with Crippen molar-refractivity contribution < 1.29 is 13.6 Å². The van der Waals surface area contributed by atoms with E-state index in [1.807, 2.05) is 30.0 Å². The summed E-state index contributed by atoms with van der Waals surface area (Å²) >= 11 is 3.29. The van der Waals surface area contributed by atoms with Crippen LogP contribution >= 0.6 is 15.9 Å². The summed E-state index contributed by atoms with van der Waals surface area (Å²) in [6.07, 6.45) is 6.09. The molecule has 4 nitrogen and oxygen atoms in total. The lowest BCUT2D eigenvalue weighted by Gasteiger charge is -2.27. The number of nitrogens with zero attached hydrogens (tertiary/aromatic N) is 1. The van der Waals surface area contributed by atoms with Crippen molar-refractivity contribution in [2.24, 2.45) is 0 Å². The molecule has 2 aromatic rings.